The molecule has 0 bridgehead atoms. The second-order valence-electron chi connectivity index (χ2n) is 3.84. The Morgan fingerprint density at radius 1 is 1.44 bits per heavy atom. The van der Waals surface area contributed by atoms with E-state index in [0.29, 0.717) is 11.3 Å². The summed E-state index contributed by atoms with van der Waals surface area (Å²) in [6, 6.07) is 3.01. The lowest BCUT2D eigenvalue weighted by atomic mass is 10.1. The molecule has 0 saturated heterocycles. The lowest BCUT2D eigenvalue weighted by molar-refractivity contribution is -0.384. The Morgan fingerprint density at radius 2 is 2.11 bits per heavy atom. The van der Waals surface area contributed by atoms with E-state index >= 15 is 0 Å². The van der Waals surface area contributed by atoms with Crippen LogP contribution in [0.15, 0.2) is 16.5 Å². The van der Waals surface area contributed by atoms with Gasteiger partial charge in [-0.15, -0.1) is 0 Å². The molecular formula is C12H11NO5. The molecule has 18 heavy (non-hydrogen) atoms. The average Bonchev–Trinajstić information content (AvgIpc) is 2.62. The third-order valence-corrected chi connectivity index (χ3v) is 2.72. The number of carbonyl (C=O) groups excluding carboxylic acids is 1. The number of aryl methyl sites for hydroxylation is 1. The Hall–Kier alpha value is -2.37. The molecule has 6 nitrogen and oxygen atoms in total. The largest absolute Gasteiger partial charge is 0.490 e. The summed E-state index contributed by atoms with van der Waals surface area (Å²) in [7, 11) is 1.34. The van der Waals surface area contributed by atoms with Gasteiger partial charge in [0.1, 0.15) is 16.7 Å². The molecule has 1 aromatic heterocycles. The zero-order valence-corrected chi connectivity index (χ0v) is 10.1. The second kappa shape index (κ2) is 4.14. The number of furan rings is 1. The molecule has 0 aliphatic heterocycles. The standard InChI is InChI=1S/C12H11NO5/c1-6(14)10-7(2)18-8-4-5-9(17-3)12(11(8)10)13(15)16/h4-5H,1-3H3. The molecule has 0 fully saturated rings. The predicted octanol–water partition coefficient (Wildman–Crippen LogP) is 2.86. The zero-order valence-electron chi connectivity index (χ0n) is 10.1. The molecule has 1 heterocycles. The number of nitrogens with zero attached hydrogens (tertiary/aromatic N) is 1. The van der Waals surface area contributed by atoms with Crippen LogP contribution in [0.3, 0.4) is 0 Å². The highest BCUT2D eigenvalue weighted by atomic mass is 16.6. The fourth-order valence-electron chi connectivity index (χ4n) is 2.04. The van der Waals surface area contributed by atoms with Crippen LogP contribution in [0.2, 0.25) is 0 Å². The number of hydrogen-bond donors (Lipinski definition) is 0. The predicted molar refractivity (Wildman–Crippen MR) is 64.2 cm³/mol. The molecule has 2 rings (SSSR count). The number of nitro benzene ring substituents is 1. The van der Waals surface area contributed by atoms with Crippen molar-refractivity contribution in [3.05, 3.63) is 33.6 Å². The van der Waals surface area contributed by atoms with Gasteiger partial charge in [0.25, 0.3) is 0 Å². The number of rotatable bonds is 3. The molecule has 0 atom stereocenters. The molecule has 6 heteroatoms. The summed E-state index contributed by atoms with van der Waals surface area (Å²) < 4.78 is 10.3. The first-order valence-electron chi connectivity index (χ1n) is 5.22. The first kappa shape index (κ1) is 12.1. The van der Waals surface area contributed by atoms with Crippen molar-refractivity contribution in [3.8, 4) is 5.75 Å². The molecule has 0 radical (unpaired) electrons. The minimum absolute atomic E-state index is 0.107. The molecular weight excluding hydrogens is 238 g/mol. The normalized spacial score (nSPS) is 10.6. The van der Waals surface area contributed by atoms with Gasteiger partial charge in [-0.2, -0.15) is 0 Å². The maximum absolute atomic E-state index is 11.6. The van der Waals surface area contributed by atoms with Gasteiger partial charge in [0.15, 0.2) is 11.5 Å². The van der Waals surface area contributed by atoms with Gasteiger partial charge in [0.2, 0.25) is 0 Å². The van der Waals surface area contributed by atoms with E-state index in [4.69, 9.17) is 9.15 Å². The van der Waals surface area contributed by atoms with Gasteiger partial charge in [-0.05, 0) is 26.0 Å². The maximum atomic E-state index is 11.6. The van der Waals surface area contributed by atoms with E-state index in [2.05, 4.69) is 0 Å². The van der Waals surface area contributed by atoms with E-state index in [9.17, 15) is 14.9 Å². The topological polar surface area (TPSA) is 82.6 Å². The Bertz CT molecular complexity index is 656. The number of benzene rings is 1. The Morgan fingerprint density at radius 3 is 2.61 bits per heavy atom. The zero-order chi connectivity index (χ0) is 13.4. The van der Waals surface area contributed by atoms with Gasteiger partial charge in [-0.1, -0.05) is 0 Å². The molecule has 0 N–H and O–H groups in total. The van der Waals surface area contributed by atoms with Crippen molar-refractivity contribution in [1.82, 2.24) is 0 Å². The third-order valence-electron chi connectivity index (χ3n) is 2.72. The number of ether oxygens (including phenoxy) is 1. The van der Waals surface area contributed by atoms with Gasteiger partial charge in [-0.25, -0.2) is 0 Å². The molecule has 2 aromatic rings. The quantitative estimate of drug-likeness (QED) is 0.474. The number of fused-ring (bicyclic) bond motifs is 1. The van der Waals surface area contributed by atoms with E-state index in [1.165, 1.54) is 20.1 Å². The van der Waals surface area contributed by atoms with Crippen LogP contribution in [-0.4, -0.2) is 17.8 Å². The van der Waals surface area contributed by atoms with Crippen molar-refractivity contribution < 1.29 is 18.9 Å². The average molecular weight is 249 g/mol. The summed E-state index contributed by atoms with van der Waals surface area (Å²) >= 11 is 0. The van der Waals surface area contributed by atoms with Crippen LogP contribution in [-0.2, 0) is 0 Å². The maximum Gasteiger partial charge on any atom is 0.322 e. The van der Waals surface area contributed by atoms with Gasteiger partial charge < -0.3 is 9.15 Å². The van der Waals surface area contributed by atoms with Crippen LogP contribution in [0.25, 0.3) is 11.0 Å². The van der Waals surface area contributed by atoms with Crippen molar-refractivity contribution in [2.24, 2.45) is 0 Å². The summed E-state index contributed by atoms with van der Waals surface area (Å²) in [6.45, 7) is 2.95. The smallest absolute Gasteiger partial charge is 0.322 e. The van der Waals surface area contributed by atoms with Gasteiger partial charge in [-0.3, -0.25) is 14.9 Å². The minimum Gasteiger partial charge on any atom is -0.490 e. The monoisotopic (exact) mass is 249 g/mol. The summed E-state index contributed by atoms with van der Waals surface area (Å²) in [5.41, 5.74) is 0.304. The third kappa shape index (κ3) is 1.62. The highest BCUT2D eigenvalue weighted by Crippen LogP contribution is 2.39. The number of hydrogen-bond acceptors (Lipinski definition) is 5. The van der Waals surface area contributed by atoms with E-state index in [1.807, 2.05) is 0 Å². The second-order valence-corrected chi connectivity index (χ2v) is 3.84. The fraction of sp³-hybridized carbons (Fsp3) is 0.250. The molecule has 0 aliphatic rings. The van der Waals surface area contributed by atoms with Crippen LogP contribution >= 0.6 is 0 Å². The number of Topliss-reactive ketones (excluding diaryl/α,β-unsaturated/α-hetero) is 1. The lowest BCUT2D eigenvalue weighted by Gasteiger charge is -2.02. The van der Waals surface area contributed by atoms with E-state index in [0.717, 1.165) is 0 Å². The van der Waals surface area contributed by atoms with E-state index in [-0.39, 0.29) is 28.2 Å². The van der Waals surface area contributed by atoms with Crippen molar-refractivity contribution in [2.45, 2.75) is 13.8 Å². The molecule has 94 valence electrons. The minimum atomic E-state index is -0.567. The van der Waals surface area contributed by atoms with Gasteiger partial charge in [0, 0.05) is 0 Å². The van der Waals surface area contributed by atoms with Gasteiger partial charge in [0.05, 0.1) is 17.6 Å². The Labute approximate surface area is 102 Å². The number of carbonyl (C=O) groups is 1. The van der Waals surface area contributed by atoms with Crippen LogP contribution < -0.4 is 4.74 Å². The first-order valence-corrected chi connectivity index (χ1v) is 5.22. The lowest BCUT2D eigenvalue weighted by Crippen LogP contribution is -1.98. The first-order chi connectivity index (χ1) is 8.47. The van der Waals surface area contributed by atoms with Crippen LogP contribution in [0, 0.1) is 17.0 Å². The number of ketones is 1. The number of nitro groups is 1. The Balaban J connectivity index is 2.98. The highest BCUT2D eigenvalue weighted by Gasteiger charge is 2.27. The molecule has 1 aromatic carbocycles. The molecule has 0 spiro atoms. The number of methoxy groups -OCH3 is 1. The van der Waals surface area contributed by atoms with Crippen LogP contribution in [0.1, 0.15) is 23.0 Å². The van der Waals surface area contributed by atoms with Crippen molar-refractivity contribution in [3.63, 3.8) is 0 Å². The Kier molecular flexibility index (Phi) is 2.78. The molecule has 0 aliphatic carbocycles. The SMILES string of the molecule is COc1ccc2oc(C)c(C(C)=O)c2c1[N+](=O)[O-]. The summed E-state index contributed by atoms with van der Waals surface area (Å²) in [5, 5.41) is 11.3. The highest BCUT2D eigenvalue weighted by molar-refractivity contribution is 6.11. The molecule has 0 saturated carbocycles. The van der Waals surface area contributed by atoms with Crippen molar-refractivity contribution >= 4 is 22.4 Å². The van der Waals surface area contributed by atoms with Crippen molar-refractivity contribution in [1.29, 1.82) is 0 Å². The summed E-state index contributed by atoms with van der Waals surface area (Å²) in [4.78, 5) is 22.2. The summed E-state index contributed by atoms with van der Waals surface area (Å²) in [6.07, 6.45) is 0. The van der Waals surface area contributed by atoms with E-state index < -0.39 is 4.92 Å². The fourth-order valence-corrected chi connectivity index (χ4v) is 2.04. The van der Waals surface area contributed by atoms with Crippen molar-refractivity contribution in [2.75, 3.05) is 7.11 Å². The summed E-state index contributed by atoms with van der Waals surface area (Å²) in [5.74, 6) is 0.201. The van der Waals surface area contributed by atoms with Gasteiger partial charge >= 0.3 is 5.69 Å². The van der Waals surface area contributed by atoms with E-state index in [1.54, 1.807) is 13.0 Å². The molecule has 0 unspecified atom stereocenters. The molecule has 0 amide bonds. The van der Waals surface area contributed by atoms with Crippen LogP contribution in [0.4, 0.5) is 5.69 Å². The van der Waals surface area contributed by atoms with Crippen LogP contribution in [0.5, 0.6) is 5.75 Å².